The van der Waals surface area contributed by atoms with Gasteiger partial charge < -0.3 is 15.8 Å². The lowest BCUT2D eigenvalue weighted by atomic mass is 10.2. The first-order valence-corrected chi connectivity index (χ1v) is 7.45. The molecule has 0 fully saturated rings. The average Bonchev–Trinajstić information content (AvgIpc) is 2.45. The van der Waals surface area contributed by atoms with Crippen molar-refractivity contribution in [3.8, 4) is 5.75 Å². The summed E-state index contributed by atoms with van der Waals surface area (Å²) in [7, 11) is 0. The molecule has 0 saturated heterocycles. The van der Waals surface area contributed by atoms with E-state index >= 15 is 0 Å². The number of nitrogen functional groups attached to an aromatic ring is 1. The van der Waals surface area contributed by atoms with Crippen molar-refractivity contribution in [2.24, 2.45) is 0 Å². The van der Waals surface area contributed by atoms with Crippen LogP contribution in [0.15, 0.2) is 46.9 Å². The number of carbonyl (C=O) groups is 1. The number of benzene rings is 2. The largest absolute Gasteiger partial charge is 0.492 e. The van der Waals surface area contributed by atoms with Crippen molar-refractivity contribution in [1.82, 2.24) is 5.32 Å². The van der Waals surface area contributed by atoms with Gasteiger partial charge in [0, 0.05) is 15.2 Å². The lowest BCUT2D eigenvalue weighted by Crippen LogP contribution is -2.28. The van der Waals surface area contributed by atoms with Gasteiger partial charge in [0.2, 0.25) is 0 Å². The number of nitrogens with one attached hydrogen (secondary N) is 1. The predicted molar refractivity (Wildman–Crippen MR) is 87.8 cm³/mol. The third-order valence-corrected chi connectivity index (χ3v) is 3.60. The van der Waals surface area contributed by atoms with Crippen LogP contribution in [0, 0.1) is 0 Å². The summed E-state index contributed by atoms with van der Waals surface area (Å²) >= 11 is 9.15. The highest BCUT2D eigenvalue weighted by atomic mass is 79.9. The van der Waals surface area contributed by atoms with Crippen LogP contribution in [0.4, 0.5) is 5.69 Å². The average molecular weight is 370 g/mol. The van der Waals surface area contributed by atoms with E-state index in [1.807, 2.05) is 0 Å². The zero-order chi connectivity index (χ0) is 15.2. The van der Waals surface area contributed by atoms with E-state index in [4.69, 9.17) is 22.1 Å². The number of nitrogens with two attached hydrogens (primary N) is 1. The van der Waals surface area contributed by atoms with Gasteiger partial charge in [0.1, 0.15) is 12.4 Å². The summed E-state index contributed by atoms with van der Waals surface area (Å²) in [6.45, 7) is 0.777. The molecule has 6 heteroatoms. The zero-order valence-corrected chi connectivity index (χ0v) is 13.4. The summed E-state index contributed by atoms with van der Waals surface area (Å²) in [5.74, 6) is 0.533. The molecule has 0 spiro atoms. The number of ether oxygens (including phenoxy) is 1. The molecular formula is C15H14BrClN2O2. The molecule has 2 rings (SSSR count). The molecule has 21 heavy (non-hydrogen) atoms. The van der Waals surface area contributed by atoms with Crippen LogP contribution >= 0.6 is 27.5 Å². The first kappa shape index (κ1) is 15.7. The van der Waals surface area contributed by atoms with Gasteiger partial charge in [0.05, 0.1) is 12.1 Å². The minimum Gasteiger partial charge on any atom is -0.492 e. The number of hydrogen-bond acceptors (Lipinski definition) is 3. The Morgan fingerprint density at radius 3 is 2.62 bits per heavy atom. The quantitative estimate of drug-likeness (QED) is 0.626. The number of halogens is 2. The van der Waals surface area contributed by atoms with Crippen LogP contribution in [0.5, 0.6) is 5.75 Å². The Morgan fingerprint density at radius 1 is 1.24 bits per heavy atom. The lowest BCUT2D eigenvalue weighted by Gasteiger charge is -2.09. The van der Waals surface area contributed by atoms with Crippen LogP contribution in [0.2, 0.25) is 5.02 Å². The Morgan fingerprint density at radius 2 is 1.95 bits per heavy atom. The number of amides is 1. The number of anilines is 1. The van der Waals surface area contributed by atoms with Crippen LogP contribution in [-0.4, -0.2) is 19.1 Å². The molecule has 0 bridgehead atoms. The number of rotatable bonds is 5. The maximum Gasteiger partial charge on any atom is 0.252 e. The van der Waals surface area contributed by atoms with E-state index in [1.54, 1.807) is 42.5 Å². The van der Waals surface area contributed by atoms with Gasteiger partial charge >= 0.3 is 0 Å². The molecule has 2 aromatic rings. The molecule has 3 N–H and O–H groups in total. The Labute approximate surface area is 136 Å². The first-order valence-electron chi connectivity index (χ1n) is 6.28. The Kier molecular flexibility index (Phi) is 5.47. The first-order chi connectivity index (χ1) is 10.1. The maximum atomic E-state index is 12.0. The van der Waals surface area contributed by atoms with Crippen molar-refractivity contribution in [2.45, 2.75) is 0 Å². The van der Waals surface area contributed by atoms with Gasteiger partial charge in [-0.3, -0.25) is 4.79 Å². The fraction of sp³-hybridized carbons (Fsp3) is 0.133. The predicted octanol–water partition coefficient (Wildman–Crippen LogP) is 3.49. The summed E-state index contributed by atoms with van der Waals surface area (Å²) in [5, 5.41) is 3.35. The molecule has 0 saturated carbocycles. The highest BCUT2D eigenvalue weighted by Gasteiger charge is 2.09. The van der Waals surface area contributed by atoms with Gasteiger partial charge in [-0.05, 0) is 58.4 Å². The van der Waals surface area contributed by atoms with Crippen molar-refractivity contribution in [3.63, 3.8) is 0 Å². The molecule has 0 aliphatic rings. The lowest BCUT2D eigenvalue weighted by molar-refractivity contribution is 0.0946. The fourth-order valence-electron chi connectivity index (χ4n) is 1.67. The molecule has 0 atom stereocenters. The third kappa shape index (κ3) is 4.65. The highest BCUT2D eigenvalue weighted by molar-refractivity contribution is 9.10. The smallest absolute Gasteiger partial charge is 0.252 e. The van der Waals surface area contributed by atoms with Crippen molar-refractivity contribution in [2.75, 3.05) is 18.9 Å². The summed E-state index contributed by atoms with van der Waals surface area (Å²) in [4.78, 5) is 12.0. The van der Waals surface area contributed by atoms with E-state index < -0.39 is 0 Å². The van der Waals surface area contributed by atoms with Crippen molar-refractivity contribution in [1.29, 1.82) is 0 Å². The second-order valence-corrected chi connectivity index (χ2v) is 5.59. The van der Waals surface area contributed by atoms with Crippen LogP contribution in [0.1, 0.15) is 10.4 Å². The second kappa shape index (κ2) is 7.33. The SMILES string of the molecule is Nc1ccc(OCCNC(=O)c2ccc(Cl)cc2Br)cc1. The van der Waals surface area contributed by atoms with Crippen LogP contribution in [0.25, 0.3) is 0 Å². The topological polar surface area (TPSA) is 64.3 Å². The van der Waals surface area contributed by atoms with E-state index in [2.05, 4.69) is 21.2 Å². The third-order valence-electron chi connectivity index (χ3n) is 2.71. The molecule has 110 valence electrons. The fourth-order valence-corrected chi connectivity index (χ4v) is 2.53. The molecule has 0 aromatic heterocycles. The van der Waals surface area contributed by atoms with Gasteiger partial charge in [0.25, 0.3) is 5.91 Å². The van der Waals surface area contributed by atoms with E-state index in [9.17, 15) is 4.79 Å². The molecule has 1 amide bonds. The van der Waals surface area contributed by atoms with Gasteiger partial charge in [0.15, 0.2) is 0 Å². The van der Waals surface area contributed by atoms with E-state index in [-0.39, 0.29) is 5.91 Å². The molecule has 2 aromatic carbocycles. The summed E-state index contributed by atoms with van der Waals surface area (Å²) in [5.41, 5.74) is 6.80. The zero-order valence-electron chi connectivity index (χ0n) is 11.1. The molecule has 0 aliphatic heterocycles. The second-order valence-electron chi connectivity index (χ2n) is 4.30. The van der Waals surface area contributed by atoms with Gasteiger partial charge in [-0.25, -0.2) is 0 Å². The monoisotopic (exact) mass is 368 g/mol. The normalized spacial score (nSPS) is 10.2. The minimum absolute atomic E-state index is 0.181. The van der Waals surface area contributed by atoms with Crippen molar-refractivity contribution in [3.05, 3.63) is 57.5 Å². The molecule has 4 nitrogen and oxygen atoms in total. The minimum atomic E-state index is -0.181. The highest BCUT2D eigenvalue weighted by Crippen LogP contribution is 2.21. The number of carbonyl (C=O) groups excluding carboxylic acids is 1. The molecule has 0 heterocycles. The van der Waals surface area contributed by atoms with Crippen molar-refractivity contribution < 1.29 is 9.53 Å². The van der Waals surface area contributed by atoms with E-state index in [1.165, 1.54) is 0 Å². The van der Waals surface area contributed by atoms with E-state index in [0.717, 1.165) is 0 Å². The Hall–Kier alpha value is -1.72. The molecule has 0 radical (unpaired) electrons. The molecule has 0 aliphatic carbocycles. The van der Waals surface area contributed by atoms with Crippen LogP contribution in [-0.2, 0) is 0 Å². The number of hydrogen-bond donors (Lipinski definition) is 2. The standard InChI is InChI=1S/C15H14BrClN2O2/c16-14-9-10(17)1-6-13(14)15(20)19-7-8-21-12-4-2-11(18)3-5-12/h1-6,9H,7-8,18H2,(H,19,20). The maximum absolute atomic E-state index is 12.0. The van der Waals surface area contributed by atoms with Gasteiger partial charge in [-0.15, -0.1) is 0 Å². The molecular weight excluding hydrogens is 356 g/mol. The van der Waals surface area contributed by atoms with Crippen molar-refractivity contribution >= 4 is 39.1 Å². The van der Waals surface area contributed by atoms with E-state index in [0.29, 0.717) is 39.6 Å². The molecule has 0 unspecified atom stereocenters. The van der Waals surface area contributed by atoms with Crippen LogP contribution < -0.4 is 15.8 Å². The van der Waals surface area contributed by atoms with Gasteiger partial charge in [-0.1, -0.05) is 11.6 Å². The summed E-state index contributed by atoms with van der Waals surface area (Å²) < 4.78 is 6.15. The summed E-state index contributed by atoms with van der Waals surface area (Å²) in [6.07, 6.45) is 0. The summed E-state index contributed by atoms with van der Waals surface area (Å²) in [6, 6.07) is 12.1. The van der Waals surface area contributed by atoms with Crippen LogP contribution in [0.3, 0.4) is 0 Å². The Bertz CT molecular complexity index is 632. The Balaban J connectivity index is 1.80. The van der Waals surface area contributed by atoms with Gasteiger partial charge in [-0.2, -0.15) is 0 Å².